The fourth-order valence-electron chi connectivity index (χ4n) is 3.09. The monoisotopic (exact) mass is 434 g/mol. The topological polar surface area (TPSA) is 73.4 Å². The van der Waals surface area contributed by atoms with E-state index in [0.29, 0.717) is 17.5 Å². The van der Waals surface area contributed by atoms with Crippen LogP contribution < -0.4 is 9.64 Å². The number of para-hydroxylation sites is 1. The molecule has 0 bridgehead atoms. The van der Waals surface area contributed by atoms with Gasteiger partial charge in [0.25, 0.3) is 0 Å². The maximum absolute atomic E-state index is 12.7. The molecule has 158 valence electrons. The predicted octanol–water partition coefficient (Wildman–Crippen LogP) is 4.35. The summed E-state index contributed by atoms with van der Waals surface area (Å²) in [6, 6.07) is 20.9. The van der Waals surface area contributed by atoms with Gasteiger partial charge in [-0.05, 0) is 36.4 Å². The molecular weight excluding hydrogens is 412 g/mol. The molecule has 0 unspecified atom stereocenters. The van der Waals surface area contributed by atoms with E-state index in [9.17, 15) is 4.79 Å². The van der Waals surface area contributed by atoms with Gasteiger partial charge in [-0.3, -0.25) is 9.36 Å². The summed E-state index contributed by atoms with van der Waals surface area (Å²) >= 11 is 1.35. The number of thioether (sulfide) groups is 1. The van der Waals surface area contributed by atoms with Gasteiger partial charge in [0, 0.05) is 18.3 Å². The first-order valence-corrected chi connectivity index (χ1v) is 10.7. The maximum atomic E-state index is 12.7. The summed E-state index contributed by atoms with van der Waals surface area (Å²) < 4.78 is 12.8. The summed E-state index contributed by atoms with van der Waals surface area (Å²) in [5.41, 5.74) is 1.72. The van der Waals surface area contributed by atoms with Crippen LogP contribution in [0.25, 0.3) is 11.4 Å². The zero-order valence-corrected chi connectivity index (χ0v) is 18.1. The lowest BCUT2D eigenvalue weighted by Gasteiger charge is -2.17. The number of hydrogen-bond acceptors (Lipinski definition) is 6. The average molecular weight is 435 g/mol. The van der Waals surface area contributed by atoms with Crippen molar-refractivity contribution in [3.05, 3.63) is 78.8 Å². The highest BCUT2D eigenvalue weighted by Crippen LogP contribution is 2.28. The Kier molecular flexibility index (Phi) is 6.37. The zero-order chi connectivity index (χ0) is 21.6. The van der Waals surface area contributed by atoms with Crippen molar-refractivity contribution in [2.75, 3.05) is 24.8 Å². The van der Waals surface area contributed by atoms with Gasteiger partial charge in [0.2, 0.25) is 5.91 Å². The summed E-state index contributed by atoms with van der Waals surface area (Å²) in [5, 5.41) is 9.39. The van der Waals surface area contributed by atoms with E-state index in [1.54, 1.807) is 25.3 Å². The molecular formula is C23H22N4O3S. The van der Waals surface area contributed by atoms with E-state index < -0.39 is 0 Å². The van der Waals surface area contributed by atoms with Crippen molar-refractivity contribution in [2.45, 2.75) is 11.7 Å². The number of amides is 1. The first-order valence-electron chi connectivity index (χ1n) is 9.70. The van der Waals surface area contributed by atoms with Crippen LogP contribution in [0, 0.1) is 0 Å². The molecule has 4 rings (SSSR count). The Morgan fingerprint density at radius 1 is 1.10 bits per heavy atom. The molecule has 0 atom stereocenters. The van der Waals surface area contributed by atoms with E-state index in [1.165, 1.54) is 11.8 Å². The van der Waals surface area contributed by atoms with Crippen molar-refractivity contribution in [1.29, 1.82) is 0 Å². The van der Waals surface area contributed by atoms with Gasteiger partial charge in [0.15, 0.2) is 11.0 Å². The Hall–Kier alpha value is -3.52. The summed E-state index contributed by atoms with van der Waals surface area (Å²) in [6.45, 7) is 0.456. The van der Waals surface area contributed by atoms with E-state index in [1.807, 2.05) is 71.3 Å². The Morgan fingerprint density at radius 2 is 1.94 bits per heavy atom. The van der Waals surface area contributed by atoms with Crippen LogP contribution in [0.2, 0.25) is 0 Å². The van der Waals surface area contributed by atoms with Crippen LogP contribution >= 0.6 is 11.8 Å². The van der Waals surface area contributed by atoms with Gasteiger partial charge >= 0.3 is 0 Å². The molecule has 0 aliphatic heterocycles. The van der Waals surface area contributed by atoms with Crippen molar-refractivity contribution < 1.29 is 13.9 Å². The summed E-state index contributed by atoms with van der Waals surface area (Å²) in [4.78, 5) is 14.4. The molecule has 0 radical (unpaired) electrons. The van der Waals surface area contributed by atoms with Gasteiger partial charge in [-0.15, -0.1) is 10.2 Å². The second kappa shape index (κ2) is 9.53. The van der Waals surface area contributed by atoms with Crippen molar-refractivity contribution in [3.63, 3.8) is 0 Å². The quantitative estimate of drug-likeness (QED) is 0.384. The number of ether oxygens (including phenoxy) is 1. The number of carbonyl (C=O) groups is 1. The third-order valence-electron chi connectivity index (χ3n) is 4.78. The highest BCUT2D eigenvalue weighted by molar-refractivity contribution is 7.99. The molecule has 0 aliphatic rings. The fourth-order valence-corrected chi connectivity index (χ4v) is 3.94. The number of anilines is 1. The van der Waals surface area contributed by atoms with Crippen molar-refractivity contribution in [3.8, 4) is 17.1 Å². The minimum absolute atomic E-state index is 0.0216. The summed E-state index contributed by atoms with van der Waals surface area (Å²) in [6.07, 6.45) is 1.63. The number of hydrogen-bond donors (Lipinski definition) is 0. The molecule has 2 aromatic carbocycles. The minimum Gasteiger partial charge on any atom is -0.497 e. The third-order valence-corrected chi connectivity index (χ3v) is 5.73. The molecule has 0 saturated carbocycles. The molecule has 7 nitrogen and oxygen atoms in total. The summed E-state index contributed by atoms with van der Waals surface area (Å²) in [5.74, 6) is 2.41. The Labute approximate surface area is 184 Å². The van der Waals surface area contributed by atoms with Gasteiger partial charge in [0.05, 0.1) is 25.7 Å². The average Bonchev–Trinajstić information content (AvgIpc) is 3.48. The van der Waals surface area contributed by atoms with E-state index >= 15 is 0 Å². The van der Waals surface area contributed by atoms with E-state index in [2.05, 4.69) is 10.2 Å². The number of aromatic nitrogens is 3. The van der Waals surface area contributed by atoms with Crippen molar-refractivity contribution >= 4 is 23.4 Å². The molecule has 0 saturated heterocycles. The molecule has 2 aromatic heterocycles. The number of furan rings is 1. The van der Waals surface area contributed by atoms with Gasteiger partial charge in [-0.2, -0.15) is 0 Å². The smallest absolute Gasteiger partial charge is 0.237 e. The SMILES string of the molecule is COc1cccc(-c2nnc(SCC(=O)N(C)c3ccccc3)n2Cc2ccco2)c1. The number of methoxy groups -OCH3 is 1. The molecule has 0 spiro atoms. The standard InChI is InChI=1S/C23H22N4O3S/c1-26(18-9-4-3-5-10-18)21(28)16-31-23-25-24-22(17-8-6-11-19(14-17)29-2)27(23)15-20-12-7-13-30-20/h3-14H,15-16H2,1-2H3. The molecule has 1 amide bonds. The van der Waals surface area contributed by atoms with Crippen molar-refractivity contribution in [2.24, 2.45) is 0 Å². The van der Waals surface area contributed by atoms with Gasteiger partial charge < -0.3 is 14.1 Å². The Bertz CT molecular complexity index is 1140. The third kappa shape index (κ3) is 4.80. The Morgan fingerprint density at radius 3 is 2.68 bits per heavy atom. The lowest BCUT2D eigenvalue weighted by molar-refractivity contribution is -0.115. The van der Waals surface area contributed by atoms with Crippen LogP contribution in [0.5, 0.6) is 5.75 Å². The normalized spacial score (nSPS) is 10.8. The van der Waals surface area contributed by atoms with Gasteiger partial charge in [-0.1, -0.05) is 42.1 Å². The molecule has 4 aromatic rings. The van der Waals surface area contributed by atoms with E-state index in [0.717, 1.165) is 22.8 Å². The number of benzene rings is 2. The van der Waals surface area contributed by atoms with Crippen LogP contribution in [-0.4, -0.2) is 40.6 Å². The molecule has 0 N–H and O–H groups in total. The minimum atomic E-state index is -0.0216. The maximum Gasteiger partial charge on any atom is 0.237 e. The first-order chi connectivity index (χ1) is 15.2. The fraction of sp³-hybridized carbons (Fsp3) is 0.174. The van der Waals surface area contributed by atoms with Crippen LogP contribution in [0.4, 0.5) is 5.69 Å². The molecule has 2 heterocycles. The summed E-state index contributed by atoms with van der Waals surface area (Å²) in [7, 11) is 3.40. The van der Waals surface area contributed by atoms with Crippen LogP contribution in [-0.2, 0) is 11.3 Å². The van der Waals surface area contributed by atoms with Crippen LogP contribution in [0.15, 0.2) is 82.6 Å². The second-order valence-electron chi connectivity index (χ2n) is 6.78. The molecule has 31 heavy (non-hydrogen) atoms. The van der Waals surface area contributed by atoms with Gasteiger partial charge in [-0.25, -0.2) is 0 Å². The van der Waals surface area contributed by atoms with Crippen molar-refractivity contribution in [1.82, 2.24) is 14.8 Å². The highest BCUT2D eigenvalue weighted by Gasteiger charge is 2.19. The van der Waals surface area contributed by atoms with E-state index in [-0.39, 0.29) is 11.7 Å². The first kappa shape index (κ1) is 20.7. The predicted molar refractivity (Wildman–Crippen MR) is 120 cm³/mol. The van der Waals surface area contributed by atoms with Crippen LogP contribution in [0.1, 0.15) is 5.76 Å². The second-order valence-corrected chi connectivity index (χ2v) is 7.72. The van der Waals surface area contributed by atoms with E-state index in [4.69, 9.17) is 9.15 Å². The largest absolute Gasteiger partial charge is 0.497 e. The number of nitrogens with zero attached hydrogens (tertiary/aromatic N) is 4. The van der Waals surface area contributed by atoms with Crippen LogP contribution in [0.3, 0.4) is 0 Å². The Balaban J connectivity index is 1.58. The zero-order valence-electron chi connectivity index (χ0n) is 17.3. The molecule has 0 fully saturated rings. The lowest BCUT2D eigenvalue weighted by Crippen LogP contribution is -2.28. The highest BCUT2D eigenvalue weighted by atomic mass is 32.2. The number of rotatable bonds is 8. The number of carbonyl (C=O) groups excluding carboxylic acids is 1. The molecule has 0 aliphatic carbocycles. The van der Waals surface area contributed by atoms with Gasteiger partial charge in [0.1, 0.15) is 11.5 Å². The lowest BCUT2D eigenvalue weighted by atomic mass is 10.2. The molecule has 8 heteroatoms.